The Bertz CT molecular complexity index is 1040. The molecular weight excluding hydrogens is 407 g/mol. The lowest BCUT2D eigenvalue weighted by Crippen LogP contribution is -2.28. The average Bonchev–Trinajstić information content (AvgIpc) is 2.94. The summed E-state index contributed by atoms with van der Waals surface area (Å²) in [6, 6.07) is 11.0. The van der Waals surface area contributed by atoms with Gasteiger partial charge in [0, 0.05) is 37.1 Å². The van der Waals surface area contributed by atoms with E-state index in [2.05, 4.69) is 10.1 Å². The lowest BCUT2D eigenvalue weighted by Gasteiger charge is -2.21. The Balaban J connectivity index is 1.85. The van der Waals surface area contributed by atoms with E-state index in [9.17, 15) is 4.79 Å². The summed E-state index contributed by atoms with van der Waals surface area (Å²) in [5.41, 5.74) is 4.55. The first-order chi connectivity index (χ1) is 13.8. The zero-order valence-corrected chi connectivity index (χ0v) is 18.1. The quantitative estimate of drug-likeness (QED) is 0.520. The topological polar surface area (TPSA) is 51.0 Å². The van der Waals surface area contributed by atoms with Crippen LogP contribution in [0.25, 0.3) is 6.08 Å². The van der Waals surface area contributed by atoms with E-state index in [0.717, 1.165) is 28.2 Å². The molecule has 0 saturated heterocycles. The van der Waals surface area contributed by atoms with Crippen molar-refractivity contribution in [3.63, 3.8) is 0 Å². The molecule has 29 heavy (non-hydrogen) atoms. The molecule has 0 aliphatic heterocycles. The highest BCUT2D eigenvalue weighted by molar-refractivity contribution is 6.42. The molecule has 0 radical (unpaired) electrons. The standard InChI is InChI=1S/C22H22Cl2N4O/c1-15-19(16(2)27(3)26-15)8-10-22(29)28(14-18-6-4-5-11-25-18)13-17-7-9-20(23)21(24)12-17/h4-12H,13-14H2,1-3H3/b10-8+. The molecule has 0 fully saturated rings. The van der Waals surface area contributed by atoms with E-state index in [1.165, 1.54) is 0 Å². The molecule has 5 nitrogen and oxygen atoms in total. The number of hydrogen-bond donors (Lipinski definition) is 0. The number of nitrogens with zero attached hydrogens (tertiary/aromatic N) is 4. The van der Waals surface area contributed by atoms with Gasteiger partial charge < -0.3 is 4.90 Å². The first-order valence-electron chi connectivity index (χ1n) is 9.16. The molecule has 3 aromatic rings. The monoisotopic (exact) mass is 428 g/mol. The van der Waals surface area contributed by atoms with Gasteiger partial charge in [0.1, 0.15) is 0 Å². The summed E-state index contributed by atoms with van der Waals surface area (Å²) in [6.07, 6.45) is 5.12. The van der Waals surface area contributed by atoms with Crippen LogP contribution in [0.1, 0.15) is 28.2 Å². The van der Waals surface area contributed by atoms with E-state index < -0.39 is 0 Å². The summed E-state index contributed by atoms with van der Waals surface area (Å²) in [5, 5.41) is 5.34. The zero-order chi connectivity index (χ0) is 21.0. The van der Waals surface area contributed by atoms with Crippen LogP contribution in [0, 0.1) is 13.8 Å². The predicted octanol–water partition coefficient (Wildman–Crippen LogP) is 4.98. The van der Waals surface area contributed by atoms with Crippen LogP contribution in [-0.4, -0.2) is 25.6 Å². The van der Waals surface area contributed by atoms with Gasteiger partial charge in [-0.3, -0.25) is 14.5 Å². The van der Waals surface area contributed by atoms with Crippen molar-refractivity contribution >= 4 is 35.2 Å². The van der Waals surface area contributed by atoms with E-state index in [1.807, 2.05) is 51.2 Å². The second-order valence-corrected chi connectivity index (χ2v) is 7.62. The minimum atomic E-state index is -0.121. The van der Waals surface area contributed by atoms with Gasteiger partial charge in [0.15, 0.2) is 0 Å². The van der Waals surface area contributed by atoms with Gasteiger partial charge in [0.25, 0.3) is 0 Å². The summed E-state index contributed by atoms with van der Waals surface area (Å²) in [4.78, 5) is 19.1. The van der Waals surface area contributed by atoms with Gasteiger partial charge >= 0.3 is 0 Å². The summed E-state index contributed by atoms with van der Waals surface area (Å²) in [7, 11) is 1.89. The SMILES string of the molecule is Cc1nn(C)c(C)c1/C=C/C(=O)N(Cc1ccc(Cl)c(Cl)c1)Cc1ccccn1. The lowest BCUT2D eigenvalue weighted by atomic mass is 10.1. The second kappa shape index (κ2) is 9.25. The average molecular weight is 429 g/mol. The Hall–Kier alpha value is -2.63. The van der Waals surface area contributed by atoms with Crippen LogP contribution in [0.2, 0.25) is 10.0 Å². The lowest BCUT2D eigenvalue weighted by molar-refractivity contribution is -0.127. The van der Waals surface area contributed by atoms with Gasteiger partial charge in [0.05, 0.1) is 28.0 Å². The first kappa shape index (κ1) is 21.1. The minimum absolute atomic E-state index is 0.121. The minimum Gasteiger partial charge on any atom is -0.329 e. The van der Waals surface area contributed by atoms with Gasteiger partial charge in [-0.05, 0) is 49.8 Å². The molecule has 0 aliphatic rings. The van der Waals surface area contributed by atoms with Crippen molar-refractivity contribution in [2.24, 2.45) is 7.05 Å². The highest BCUT2D eigenvalue weighted by Gasteiger charge is 2.15. The van der Waals surface area contributed by atoms with Crippen molar-refractivity contribution in [1.29, 1.82) is 0 Å². The number of pyridine rings is 1. The number of aryl methyl sites for hydroxylation is 2. The van der Waals surface area contributed by atoms with Gasteiger partial charge in [-0.15, -0.1) is 0 Å². The summed E-state index contributed by atoms with van der Waals surface area (Å²) in [6.45, 7) is 4.68. The molecule has 0 unspecified atom stereocenters. The van der Waals surface area contributed by atoms with Crippen LogP contribution in [0.5, 0.6) is 0 Å². The van der Waals surface area contributed by atoms with Crippen molar-refractivity contribution in [3.8, 4) is 0 Å². The molecule has 3 rings (SSSR count). The third kappa shape index (κ3) is 5.25. The number of aromatic nitrogens is 3. The predicted molar refractivity (Wildman–Crippen MR) is 117 cm³/mol. The fraction of sp³-hybridized carbons (Fsp3) is 0.227. The largest absolute Gasteiger partial charge is 0.329 e. The molecule has 1 amide bonds. The molecule has 0 saturated carbocycles. The molecule has 2 heterocycles. The molecule has 0 N–H and O–H groups in total. The number of rotatable bonds is 6. The maximum Gasteiger partial charge on any atom is 0.247 e. The number of amides is 1. The maximum atomic E-state index is 13.0. The molecule has 2 aromatic heterocycles. The van der Waals surface area contributed by atoms with Gasteiger partial charge in [-0.2, -0.15) is 5.10 Å². The molecular formula is C22H22Cl2N4O. The van der Waals surface area contributed by atoms with Crippen LogP contribution in [0.15, 0.2) is 48.7 Å². The number of hydrogen-bond acceptors (Lipinski definition) is 3. The zero-order valence-electron chi connectivity index (χ0n) is 16.6. The smallest absolute Gasteiger partial charge is 0.247 e. The molecule has 0 atom stereocenters. The van der Waals surface area contributed by atoms with Crippen molar-refractivity contribution in [1.82, 2.24) is 19.7 Å². The Labute approximate surface area is 180 Å². The maximum absolute atomic E-state index is 13.0. The van der Waals surface area contributed by atoms with Crippen molar-refractivity contribution in [3.05, 3.63) is 86.9 Å². The number of carbonyl (C=O) groups is 1. The molecule has 7 heteroatoms. The van der Waals surface area contributed by atoms with E-state index >= 15 is 0 Å². The molecule has 0 aliphatic carbocycles. The van der Waals surface area contributed by atoms with Crippen LogP contribution in [-0.2, 0) is 24.9 Å². The first-order valence-corrected chi connectivity index (χ1v) is 9.91. The fourth-order valence-electron chi connectivity index (χ4n) is 3.05. The van der Waals surface area contributed by atoms with Gasteiger partial charge in [-0.1, -0.05) is 35.3 Å². The van der Waals surface area contributed by atoms with Crippen molar-refractivity contribution in [2.45, 2.75) is 26.9 Å². The van der Waals surface area contributed by atoms with E-state index in [-0.39, 0.29) is 5.91 Å². The third-order valence-electron chi connectivity index (χ3n) is 4.71. The number of benzene rings is 1. The molecule has 0 spiro atoms. The summed E-state index contributed by atoms with van der Waals surface area (Å²) >= 11 is 12.2. The Morgan fingerprint density at radius 3 is 2.55 bits per heavy atom. The van der Waals surface area contributed by atoms with E-state index in [0.29, 0.717) is 23.1 Å². The van der Waals surface area contributed by atoms with Crippen LogP contribution in [0.3, 0.4) is 0 Å². The summed E-state index contributed by atoms with van der Waals surface area (Å²) < 4.78 is 1.81. The second-order valence-electron chi connectivity index (χ2n) is 6.81. The molecule has 1 aromatic carbocycles. The molecule has 0 bridgehead atoms. The Morgan fingerprint density at radius 1 is 1.14 bits per heavy atom. The highest BCUT2D eigenvalue weighted by atomic mass is 35.5. The van der Waals surface area contributed by atoms with Crippen LogP contribution < -0.4 is 0 Å². The third-order valence-corrected chi connectivity index (χ3v) is 5.44. The van der Waals surface area contributed by atoms with E-state index in [4.69, 9.17) is 23.2 Å². The normalized spacial score (nSPS) is 11.2. The van der Waals surface area contributed by atoms with Crippen LogP contribution >= 0.6 is 23.2 Å². The number of halogens is 2. The molecule has 150 valence electrons. The Kier molecular flexibility index (Phi) is 6.72. The van der Waals surface area contributed by atoms with Crippen LogP contribution in [0.4, 0.5) is 0 Å². The van der Waals surface area contributed by atoms with Crippen molar-refractivity contribution in [2.75, 3.05) is 0 Å². The van der Waals surface area contributed by atoms with Gasteiger partial charge in [-0.25, -0.2) is 0 Å². The Morgan fingerprint density at radius 2 is 1.93 bits per heavy atom. The summed E-state index contributed by atoms with van der Waals surface area (Å²) in [5.74, 6) is -0.121. The van der Waals surface area contributed by atoms with Gasteiger partial charge in [0.2, 0.25) is 5.91 Å². The van der Waals surface area contributed by atoms with E-state index in [1.54, 1.807) is 34.0 Å². The van der Waals surface area contributed by atoms with Crippen molar-refractivity contribution < 1.29 is 4.79 Å². The highest BCUT2D eigenvalue weighted by Crippen LogP contribution is 2.24. The number of carbonyl (C=O) groups excluding carboxylic acids is 1. The fourth-order valence-corrected chi connectivity index (χ4v) is 3.37.